The van der Waals surface area contributed by atoms with Crippen molar-refractivity contribution in [2.75, 3.05) is 10.6 Å². The van der Waals surface area contributed by atoms with Gasteiger partial charge in [0.2, 0.25) is 0 Å². The van der Waals surface area contributed by atoms with E-state index in [1.165, 1.54) is 36.7 Å². The van der Waals surface area contributed by atoms with Crippen LogP contribution in [0.15, 0.2) is 36.7 Å². The summed E-state index contributed by atoms with van der Waals surface area (Å²) in [7, 11) is 0. The number of carbonyl (C=O) groups is 1. The number of rotatable bonds is 4. The van der Waals surface area contributed by atoms with E-state index >= 15 is 0 Å². The molecule has 5 nitrogen and oxygen atoms in total. The molecule has 1 saturated carbocycles. The second-order valence-corrected chi connectivity index (χ2v) is 4.67. The van der Waals surface area contributed by atoms with Crippen LogP contribution in [0.5, 0.6) is 0 Å². The summed E-state index contributed by atoms with van der Waals surface area (Å²) < 4.78 is 12.8. The molecule has 1 fully saturated rings. The highest BCUT2D eigenvalue weighted by Crippen LogP contribution is 2.23. The summed E-state index contributed by atoms with van der Waals surface area (Å²) >= 11 is 0. The van der Waals surface area contributed by atoms with E-state index in [1.54, 1.807) is 0 Å². The fourth-order valence-electron chi connectivity index (χ4n) is 1.68. The van der Waals surface area contributed by atoms with Crippen molar-refractivity contribution in [3.63, 3.8) is 0 Å². The molecule has 1 amide bonds. The van der Waals surface area contributed by atoms with E-state index in [9.17, 15) is 9.18 Å². The molecule has 0 saturated heterocycles. The molecule has 102 valence electrons. The molecule has 1 aromatic carbocycles. The number of nitrogens with zero attached hydrogens (tertiary/aromatic N) is 2. The SMILES string of the molecule is O=C(Nc1ccc(F)cc1)c1cnc(NC2CC2)cn1. The van der Waals surface area contributed by atoms with Gasteiger partial charge in [-0.05, 0) is 37.1 Å². The van der Waals surface area contributed by atoms with Gasteiger partial charge in [0.1, 0.15) is 17.3 Å². The minimum absolute atomic E-state index is 0.218. The average molecular weight is 272 g/mol. The van der Waals surface area contributed by atoms with Crippen LogP contribution in [-0.2, 0) is 0 Å². The number of anilines is 2. The van der Waals surface area contributed by atoms with E-state index < -0.39 is 0 Å². The van der Waals surface area contributed by atoms with Crippen LogP contribution in [0, 0.1) is 5.82 Å². The maximum Gasteiger partial charge on any atom is 0.275 e. The van der Waals surface area contributed by atoms with Crippen molar-refractivity contribution in [2.45, 2.75) is 18.9 Å². The van der Waals surface area contributed by atoms with Gasteiger partial charge in [0.15, 0.2) is 0 Å². The topological polar surface area (TPSA) is 66.9 Å². The maximum absolute atomic E-state index is 12.8. The highest BCUT2D eigenvalue weighted by atomic mass is 19.1. The molecule has 0 bridgehead atoms. The van der Waals surface area contributed by atoms with Crippen molar-refractivity contribution in [3.05, 3.63) is 48.2 Å². The summed E-state index contributed by atoms with van der Waals surface area (Å²) in [6, 6.07) is 6.03. The fraction of sp³-hybridized carbons (Fsp3) is 0.214. The zero-order chi connectivity index (χ0) is 13.9. The third kappa shape index (κ3) is 3.09. The van der Waals surface area contributed by atoms with Crippen molar-refractivity contribution >= 4 is 17.4 Å². The molecule has 1 aromatic heterocycles. The van der Waals surface area contributed by atoms with Gasteiger partial charge in [-0.15, -0.1) is 0 Å². The predicted octanol–water partition coefficient (Wildman–Crippen LogP) is 2.44. The number of hydrogen-bond donors (Lipinski definition) is 2. The summed E-state index contributed by atoms with van der Waals surface area (Å²) in [4.78, 5) is 20.1. The van der Waals surface area contributed by atoms with Crippen molar-refractivity contribution < 1.29 is 9.18 Å². The summed E-state index contributed by atoms with van der Waals surface area (Å²) in [6.45, 7) is 0. The first-order chi connectivity index (χ1) is 9.70. The van der Waals surface area contributed by atoms with E-state index in [0.29, 0.717) is 17.5 Å². The van der Waals surface area contributed by atoms with Crippen LogP contribution < -0.4 is 10.6 Å². The smallest absolute Gasteiger partial charge is 0.275 e. The Kier molecular flexibility index (Phi) is 3.28. The number of amides is 1. The Morgan fingerprint density at radius 2 is 1.90 bits per heavy atom. The molecular formula is C14H13FN4O. The summed E-state index contributed by atoms with van der Waals surface area (Å²) in [6.07, 6.45) is 5.25. The lowest BCUT2D eigenvalue weighted by molar-refractivity contribution is 0.102. The molecule has 20 heavy (non-hydrogen) atoms. The van der Waals surface area contributed by atoms with Crippen molar-refractivity contribution in [2.24, 2.45) is 0 Å². The molecule has 3 rings (SSSR count). The molecule has 0 spiro atoms. The van der Waals surface area contributed by atoms with Crippen molar-refractivity contribution in [3.8, 4) is 0 Å². The summed E-state index contributed by atoms with van der Waals surface area (Å²) in [5.74, 6) is -0.0498. The van der Waals surface area contributed by atoms with Gasteiger partial charge in [-0.1, -0.05) is 0 Å². The second kappa shape index (κ2) is 5.24. The standard InChI is InChI=1S/C14H13FN4O/c15-9-1-3-11(4-2-9)19-14(20)12-7-17-13(8-16-12)18-10-5-6-10/h1-4,7-8,10H,5-6H2,(H,17,18)(H,19,20). The molecule has 0 unspecified atom stereocenters. The second-order valence-electron chi connectivity index (χ2n) is 4.67. The Morgan fingerprint density at radius 3 is 2.50 bits per heavy atom. The molecule has 1 aliphatic carbocycles. The number of nitrogens with one attached hydrogen (secondary N) is 2. The molecule has 1 aliphatic rings. The zero-order valence-corrected chi connectivity index (χ0v) is 10.6. The van der Waals surface area contributed by atoms with Gasteiger partial charge in [-0.3, -0.25) is 4.79 Å². The minimum atomic E-state index is -0.373. The number of hydrogen-bond acceptors (Lipinski definition) is 4. The van der Waals surface area contributed by atoms with Crippen LogP contribution in [0.2, 0.25) is 0 Å². The first-order valence-electron chi connectivity index (χ1n) is 6.36. The van der Waals surface area contributed by atoms with E-state index in [2.05, 4.69) is 20.6 Å². The lowest BCUT2D eigenvalue weighted by atomic mass is 10.3. The molecule has 6 heteroatoms. The Labute approximate surface area is 115 Å². The highest BCUT2D eigenvalue weighted by Gasteiger charge is 2.21. The normalized spacial score (nSPS) is 13.8. The van der Waals surface area contributed by atoms with Crippen LogP contribution >= 0.6 is 0 Å². The fourth-order valence-corrected chi connectivity index (χ4v) is 1.68. The van der Waals surface area contributed by atoms with Crippen LogP contribution in [0.1, 0.15) is 23.3 Å². The first kappa shape index (κ1) is 12.5. The number of aromatic nitrogens is 2. The molecule has 2 aromatic rings. The van der Waals surface area contributed by atoms with Gasteiger partial charge in [-0.25, -0.2) is 14.4 Å². The molecule has 0 radical (unpaired) electrons. The van der Waals surface area contributed by atoms with Gasteiger partial charge < -0.3 is 10.6 Å². The van der Waals surface area contributed by atoms with E-state index in [0.717, 1.165) is 12.8 Å². The summed E-state index contributed by atoms with van der Waals surface area (Å²) in [5.41, 5.74) is 0.731. The van der Waals surface area contributed by atoms with E-state index in [4.69, 9.17) is 0 Å². The molecule has 0 aliphatic heterocycles. The Hall–Kier alpha value is -2.50. The molecule has 1 heterocycles. The lowest BCUT2D eigenvalue weighted by Gasteiger charge is -2.06. The zero-order valence-electron chi connectivity index (χ0n) is 10.6. The first-order valence-corrected chi connectivity index (χ1v) is 6.36. The third-order valence-corrected chi connectivity index (χ3v) is 2.92. The lowest BCUT2D eigenvalue weighted by Crippen LogP contribution is -2.14. The van der Waals surface area contributed by atoms with Gasteiger partial charge in [-0.2, -0.15) is 0 Å². The largest absolute Gasteiger partial charge is 0.366 e. The number of carbonyl (C=O) groups excluding carboxylic acids is 1. The Bertz CT molecular complexity index is 608. The summed E-state index contributed by atoms with van der Waals surface area (Å²) in [5, 5.41) is 5.82. The molecule has 2 N–H and O–H groups in total. The quantitative estimate of drug-likeness (QED) is 0.897. The van der Waals surface area contributed by atoms with Gasteiger partial charge in [0.25, 0.3) is 5.91 Å². The predicted molar refractivity (Wildman–Crippen MR) is 73.0 cm³/mol. The Morgan fingerprint density at radius 1 is 1.15 bits per heavy atom. The maximum atomic E-state index is 12.8. The molecular weight excluding hydrogens is 259 g/mol. The van der Waals surface area contributed by atoms with Gasteiger partial charge in [0, 0.05) is 11.7 Å². The van der Waals surface area contributed by atoms with Gasteiger partial charge >= 0.3 is 0 Å². The van der Waals surface area contributed by atoms with Crippen LogP contribution in [0.25, 0.3) is 0 Å². The number of benzene rings is 1. The van der Waals surface area contributed by atoms with Crippen LogP contribution in [-0.4, -0.2) is 21.9 Å². The molecule has 0 atom stereocenters. The highest BCUT2D eigenvalue weighted by molar-refractivity contribution is 6.02. The monoisotopic (exact) mass is 272 g/mol. The number of halogens is 1. The minimum Gasteiger partial charge on any atom is -0.366 e. The van der Waals surface area contributed by atoms with E-state index in [-0.39, 0.29) is 17.4 Å². The van der Waals surface area contributed by atoms with Crippen molar-refractivity contribution in [1.29, 1.82) is 0 Å². The van der Waals surface area contributed by atoms with E-state index in [1.807, 2.05) is 0 Å². The van der Waals surface area contributed by atoms with Crippen LogP contribution in [0.4, 0.5) is 15.9 Å². The van der Waals surface area contributed by atoms with Crippen LogP contribution in [0.3, 0.4) is 0 Å². The van der Waals surface area contributed by atoms with Crippen molar-refractivity contribution in [1.82, 2.24) is 9.97 Å². The van der Waals surface area contributed by atoms with Gasteiger partial charge in [0.05, 0.1) is 12.4 Å². The third-order valence-electron chi connectivity index (χ3n) is 2.92. The average Bonchev–Trinajstić information content (AvgIpc) is 3.26. The Balaban J connectivity index is 1.65.